The van der Waals surface area contributed by atoms with E-state index in [2.05, 4.69) is 0 Å². The number of hydrogen-bond acceptors (Lipinski definition) is 2. The fraction of sp³-hybridized carbons (Fsp3) is 0.417. The van der Waals surface area contributed by atoms with Gasteiger partial charge in [-0.3, -0.25) is 9.63 Å². The van der Waals surface area contributed by atoms with E-state index in [0.29, 0.717) is 0 Å². The molecular weight excluding hydrogens is 245 g/mol. The van der Waals surface area contributed by atoms with Crippen molar-refractivity contribution >= 4 is 23.2 Å². The van der Waals surface area contributed by atoms with Crippen molar-refractivity contribution < 1.29 is 14.0 Å². The van der Waals surface area contributed by atoms with Gasteiger partial charge in [0.2, 0.25) is 0 Å². The van der Waals surface area contributed by atoms with E-state index in [1.54, 1.807) is 20.8 Å². The van der Waals surface area contributed by atoms with Gasteiger partial charge in [0.25, 0.3) is 5.91 Å². The highest BCUT2D eigenvalue weighted by Gasteiger charge is 2.47. The van der Waals surface area contributed by atoms with Gasteiger partial charge < -0.3 is 0 Å². The van der Waals surface area contributed by atoms with Crippen LogP contribution in [0.2, 0.25) is 5.02 Å². The van der Waals surface area contributed by atoms with E-state index >= 15 is 0 Å². The number of rotatable bonds is 1. The molecular formula is C12H13ClFNO2. The number of hydrogen-bond donors (Lipinski definition) is 0. The second-order valence-electron chi connectivity index (χ2n) is 4.66. The molecule has 17 heavy (non-hydrogen) atoms. The lowest BCUT2D eigenvalue weighted by Crippen LogP contribution is -2.32. The first kappa shape index (κ1) is 12.3. The average molecular weight is 258 g/mol. The first-order chi connectivity index (χ1) is 7.84. The monoisotopic (exact) mass is 257 g/mol. The van der Waals surface area contributed by atoms with Crippen molar-refractivity contribution in [1.82, 2.24) is 0 Å². The third-order valence-electron chi connectivity index (χ3n) is 3.14. The minimum absolute atomic E-state index is 0.225. The number of carbonyl (C=O) groups excluding carboxylic acids is 1. The zero-order chi connectivity index (χ0) is 12.8. The lowest BCUT2D eigenvalue weighted by Gasteiger charge is -2.17. The standard InChI is InChI=1S/C12H13ClFNO2/c1-7-12(2,3)11(16)15(17-7)10-6-8(14)4-5-9(10)13/h4-7H,1-3H3. The Kier molecular flexibility index (Phi) is 2.87. The quantitative estimate of drug-likeness (QED) is 0.773. The topological polar surface area (TPSA) is 29.5 Å². The number of hydroxylamine groups is 1. The second kappa shape index (κ2) is 3.96. The van der Waals surface area contributed by atoms with Gasteiger partial charge in [-0.15, -0.1) is 0 Å². The number of anilines is 1. The van der Waals surface area contributed by atoms with Gasteiger partial charge in [-0.25, -0.2) is 4.39 Å². The van der Waals surface area contributed by atoms with E-state index in [9.17, 15) is 9.18 Å². The van der Waals surface area contributed by atoms with Crippen LogP contribution in [0.4, 0.5) is 10.1 Å². The fourth-order valence-electron chi connectivity index (χ4n) is 1.58. The lowest BCUT2D eigenvalue weighted by molar-refractivity contribution is -0.124. The van der Waals surface area contributed by atoms with Crippen LogP contribution < -0.4 is 5.06 Å². The van der Waals surface area contributed by atoms with E-state index in [0.717, 1.165) is 5.06 Å². The molecule has 0 saturated carbocycles. The summed E-state index contributed by atoms with van der Waals surface area (Å²) < 4.78 is 13.2. The molecule has 1 aromatic rings. The highest BCUT2D eigenvalue weighted by molar-refractivity contribution is 6.33. The maximum Gasteiger partial charge on any atom is 0.259 e. The van der Waals surface area contributed by atoms with Crippen LogP contribution in [0.1, 0.15) is 20.8 Å². The molecule has 2 rings (SSSR count). The summed E-state index contributed by atoms with van der Waals surface area (Å²) in [6, 6.07) is 3.83. The van der Waals surface area contributed by atoms with Crippen molar-refractivity contribution in [1.29, 1.82) is 0 Å². The van der Waals surface area contributed by atoms with Crippen LogP contribution in [0.3, 0.4) is 0 Å². The maximum absolute atomic E-state index is 13.2. The number of nitrogens with zero attached hydrogens (tertiary/aromatic N) is 1. The zero-order valence-electron chi connectivity index (χ0n) is 9.83. The molecule has 1 aliphatic heterocycles. The average Bonchev–Trinajstić information content (AvgIpc) is 2.46. The Morgan fingerprint density at radius 1 is 1.47 bits per heavy atom. The summed E-state index contributed by atoms with van der Waals surface area (Å²) in [5, 5.41) is 1.36. The zero-order valence-corrected chi connectivity index (χ0v) is 10.6. The van der Waals surface area contributed by atoms with Crippen LogP contribution in [0, 0.1) is 11.2 Å². The molecule has 92 valence electrons. The van der Waals surface area contributed by atoms with Crippen molar-refractivity contribution in [3.8, 4) is 0 Å². The van der Waals surface area contributed by atoms with Crippen LogP contribution >= 0.6 is 11.6 Å². The molecule has 1 saturated heterocycles. The van der Waals surface area contributed by atoms with Gasteiger partial charge in [0, 0.05) is 6.07 Å². The van der Waals surface area contributed by atoms with Crippen LogP contribution in [0.5, 0.6) is 0 Å². The van der Waals surface area contributed by atoms with Crippen molar-refractivity contribution in [2.75, 3.05) is 5.06 Å². The van der Waals surface area contributed by atoms with Gasteiger partial charge in [0.1, 0.15) is 5.82 Å². The molecule has 5 heteroatoms. The molecule has 1 aromatic carbocycles. The first-order valence-corrected chi connectivity index (χ1v) is 5.68. The maximum atomic E-state index is 13.2. The fourth-order valence-corrected chi connectivity index (χ4v) is 1.78. The number of benzene rings is 1. The Labute approximate surface area is 104 Å². The second-order valence-corrected chi connectivity index (χ2v) is 5.07. The van der Waals surface area contributed by atoms with Gasteiger partial charge in [-0.1, -0.05) is 11.6 Å². The van der Waals surface area contributed by atoms with E-state index in [-0.39, 0.29) is 22.7 Å². The Morgan fingerprint density at radius 2 is 2.12 bits per heavy atom. The van der Waals surface area contributed by atoms with Gasteiger partial charge in [-0.05, 0) is 32.9 Å². The smallest absolute Gasteiger partial charge is 0.259 e. The van der Waals surface area contributed by atoms with E-state index in [4.69, 9.17) is 16.4 Å². The van der Waals surface area contributed by atoms with Gasteiger partial charge >= 0.3 is 0 Å². The summed E-state index contributed by atoms with van der Waals surface area (Å²) in [6.07, 6.45) is -0.283. The predicted molar refractivity (Wildman–Crippen MR) is 63.2 cm³/mol. The van der Waals surface area contributed by atoms with Crippen molar-refractivity contribution in [2.45, 2.75) is 26.9 Å². The van der Waals surface area contributed by atoms with Crippen LogP contribution in [-0.2, 0) is 9.63 Å². The highest BCUT2D eigenvalue weighted by Crippen LogP contribution is 2.39. The van der Waals surface area contributed by atoms with Crippen molar-refractivity contribution in [3.05, 3.63) is 29.0 Å². The summed E-state index contributed by atoms with van der Waals surface area (Å²) in [5.41, 5.74) is -0.399. The highest BCUT2D eigenvalue weighted by atomic mass is 35.5. The van der Waals surface area contributed by atoms with E-state index in [1.807, 2.05) is 0 Å². The Hall–Kier alpha value is -1.13. The van der Waals surface area contributed by atoms with Gasteiger partial charge in [-0.2, -0.15) is 5.06 Å². The summed E-state index contributed by atoms with van der Waals surface area (Å²) in [5.74, 6) is -0.685. The summed E-state index contributed by atoms with van der Waals surface area (Å²) >= 11 is 5.94. The molecule has 3 nitrogen and oxygen atoms in total. The molecule has 0 aromatic heterocycles. The third-order valence-corrected chi connectivity index (χ3v) is 3.46. The SMILES string of the molecule is CC1ON(c2cc(F)ccc2Cl)C(=O)C1(C)C. The minimum atomic E-state index is -0.643. The predicted octanol–water partition coefficient (Wildman–Crippen LogP) is 3.17. The lowest BCUT2D eigenvalue weighted by atomic mass is 9.87. The van der Waals surface area contributed by atoms with Crippen molar-refractivity contribution in [3.63, 3.8) is 0 Å². The van der Waals surface area contributed by atoms with Crippen LogP contribution in [0.25, 0.3) is 0 Å². The van der Waals surface area contributed by atoms with Crippen molar-refractivity contribution in [2.24, 2.45) is 5.41 Å². The Bertz CT molecular complexity index is 476. The number of halogens is 2. The van der Waals surface area contributed by atoms with Gasteiger partial charge in [0.05, 0.1) is 22.2 Å². The van der Waals surface area contributed by atoms with Crippen LogP contribution in [-0.4, -0.2) is 12.0 Å². The molecule has 0 spiro atoms. The molecule has 0 bridgehead atoms. The van der Waals surface area contributed by atoms with E-state index in [1.165, 1.54) is 18.2 Å². The molecule has 1 heterocycles. The Balaban J connectivity index is 2.43. The molecule has 1 amide bonds. The number of carbonyl (C=O) groups is 1. The molecule has 1 unspecified atom stereocenters. The summed E-state index contributed by atoms with van der Waals surface area (Å²) in [7, 11) is 0. The molecule has 1 atom stereocenters. The Morgan fingerprint density at radius 3 is 2.65 bits per heavy atom. The first-order valence-electron chi connectivity index (χ1n) is 5.30. The molecule has 1 aliphatic rings. The van der Waals surface area contributed by atoms with Gasteiger partial charge in [0.15, 0.2) is 0 Å². The summed E-state index contributed by atoms with van der Waals surface area (Å²) in [4.78, 5) is 17.6. The molecule has 0 aliphatic carbocycles. The third kappa shape index (κ3) is 1.91. The minimum Gasteiger partial charge on any atom is -0.271 e. The van der Waals surface area contributed by atoms with Crippen LogP contribution in [0.15, 0.2) is 18.2 Å². The normalized spacial score (nSPS) is 23.2. The summed E-state index contributed by atoms with van der Waals surface area (Å²) in [6.45, 7) is 5.37. The molecule has 0 radical (unpaired) electrons. The molecule has 0 N–H and O–H groups in total. The van der Waals surface area contributed by atoms with E-state index < -0.39 is 11.2 Å². The molecule has 1 fully saturated rings. The largest absolute Gasteiger partial charge is 0.271 e. The number of amides is 1.